The van der Waals surface area contributed by atoms with Gasteiger partial charge in [-0.25, -0.2) is 9.59 Å². The molecule has 3 rings (SSSR count). The first kappa shape index (κ1) is 21.4. The molecule has 0 aliphatic carbocycles. The molecule has 2 aromatic rings. The molecule has 1 aliphatic rings. The van der Waals surface area contributed by atoms with E-state index in [9.17, 15) is 10.1 Å². The maximum absolute atomic E-state index is 11.0. The molecule has 0 amide bonds. The fraction of sp³-hybridized carbons (Fsp3) is 0.211. The molecule has 1 heterocycles. The van der Waals surface area contributed by atoms with Crippen molar-refractivity contribution in [1.82, 2.24) is 5.32 Å². The monoisotopic (exact) mass is 401 g/mol. The van der Waals surface area contributed by atoms with E-state index >= 15 is 0 Å². The van der Waals surface area contributed by atoms with Gasteiger partial charge in [0.2, 0.25) is 0 Å². The number of nitrogens with zero attached hydrogens (tertiary/aromatic N) is 2. The maximum Gasteiger partial charge on any atom is 0.414 e. The van der Waals surface area contributed by atoms with Crippen molar-refractivity contribution in [2.75, 3.05) is 13.1 Å². The SMILES string of the molecule is C[C@@H](Oc1ccccc1-c1cccc([N+](=O)[O-])c1)C1=NCCN1.O=C(O)C(=O)O. The zero-order valence-corrected chi connectivity index (χ0v) is 15.4. The van der Waals surface area contributed by atoms with E-state index < -0.39 is 16.9 Å². The molecule has 0 radical (unpaired) electrons. The van der Waals surface area contributed by atoms with Gasteiger partial charge in [0.05, 0.1) is 11.5 Å². The Morgan fingerprint density at radius 3 is 2.45 bits per heavy atom. The molecule has 0 bridgehead atoms. The van der Waals surface area contributed by atoms with Crippen LogP contribution in [0.2, 0.25) is 0 Å². The summed E-state index contributed by atoms with van der Waals surface area (Å²) in [5, 5.41) is 28.9. The predicted octanol–water partition coefficient (Wildman–Crippen LogP) is 2.19. The minimum Gasteiger partial charge on any atom is -0.482 e. The first-order valence-electron chi connectivity index (χ1n) is 8.54. The van der Waals surface area contributed by atoms with Crippen molar-refractivity contribution < 1.29 is 29.5 Å². The summed E-state index contributed by atoms with van der Waals surface area (Å²) in [5.41, 5.74) is 1.64. The first-order chi connectivity index (χ1) is 13.8. The summed E-state index contributed by atoms with van der Waals surface area (Å²) in [6.45, 7) is 3.52. The number of nitrogens with one attached hydrogen (secondary N) is 1. The molecule has 0 saturated carbocycles. The van der Waals surface area contributed by atoms with Crippen molar-refractivity contribution in [2.45, 2.75) is 13.0 Å². The van der Waals surface area contributed by atoms with Gasteiger partial charge in [0.25, 0.3) is 5.69 Å². The van der Waals surface area contributed by atoms with Crippen molar-refractivity contribution in [1.29, 1.82) is 0 Å². The number of ether oxygens (including phenoxy) is 1. The number of benzene rings is 2. The molecular formula is C19H19N3O7. The first-order valence-corrected chi connectivity index (χ1v) is 8.54. The van der Waals surface area contributed by atoms with Crippen LogP contribution in [0.5, 0.6) is 5.75 Å². The molecule has 0 spiro atoms. The van der Waals surface area contributed by atoms with E-state index in [4.69, 9.17) is 24.5 Å². The number of aliphatic carboxylic acids is 2. The highest BCUT2D eigenvalue weighted by Gasteiger charge is 2.18. The Bertz CT molecular complexity index is 931. The third-order valence-corrected chi connectivity index (χ3v) is 3.83. The van der Waals surface area contributed by atoms with Gasteiger partial charge in [-0.15, -0.1) is 0 Å². The molecule has 1 aliphatic heterocycles. The zero-order valence-electron chi connectivity index (χ0n) is 15.4. The van der Waals surface area contributed by atoms with Crippen LogP contribution in [0.3, 0.4) is 0 Å². The quantitative estimate of drug-likeness (QED) is 0.392. The largest absolute Gasteiger partial charge is 0.482 e. The third kappa shape index (κ3) is 6.03. The Hall–Kier alpha value is -3.95. The number of carboxylic acid groups (broad SMARTS) is 2. The number of nitro benzene ring substituents is 1. The van der Waals surface area contributed by atoms with Crippen molar-refractivity contribution >= 4 is 23.5 Å². The number of para-hydroxylation sites is 1. The van der Waals surface area contributed by atoms with Crippen LogP contribution in [0.25, 0.3) is 11.1 Å². The van der Waals surface area contributed by atoms with E-state index in [1.807, 2.05) is 37.3 Å². The highest BCUT2D eigenvalue weighted by molar-refractivity contribution is 6.27. The fourth-order valence-corrected chi connectivity index (χ4v) is 2.53. The lowest BCUT2D eigenvalue weighted by atomic mass is 10.0. The summed E-state index contributed by atoms with van der Waals surface area (Å²) in [4.78, 5) is 33.1. The summed E-state index contributed by atoms with van der Waals surface area (Å²) in [6.07, 6.45) is -0.197. The van der Waals surface area contributed by atoms with Crippen molar-refractivity contribution in [3.63, 3.8) is 0 Å². The molecule has 0 aromatic heterocycles. The predicted molar refractivity (Wildman–Crippen MR) is 104 cm³/mol. The molecular weight excluding hydrogens is 382 g/mol. The second kappa shape index (κ2) is 9.83. The topological polar surface area (TPSA) is 151 Å². The van der Waals surface area contributed by atoms with E-state index in [0.29, 0.717) is 5.75 Å². The molecule has 10 heteroatoms. The van der Waals surface area contributed by atoms with Gasteiger partial charge >= 0.3 is 11.9 Å². The van der Waals surface area contributed by atoms with Gasteiger partial charge < -0.3 is 20.3 Å². The normalized spacial score (nSPS) is 13.2. The number of nitro groups is 1. The van der Waals surface area contributed by atoms with Crippen molar-refractivity contribution in [3.8, 4) is 16.9 Å². The van der Waals surface area contributed by atoms with E-state index in [2.05, 4.69) is 10.3 Å². The Morgan fingerprint density at radius 2 is 1.86 bits per heavy atom. The van der Waals surface area contributed by atoms with Gasteiger partial charge in [-0.2, -0.15) is 0 Å². The minimum absolute atomic E-state index is 0.0622. The summed E-state index contributed by atoms with van der Waals surface area (Å²) in [6, 6.07) is 14.1. The van der Waals surface area contributed by atoms with E-state index in [1.54, 1.807) is 12.1 Å². The second-order valence-corrected chi connectivity index (χ2v) is 5.87. The summed E-state index contributed by atoms with van der Waals surface area (Å²) in [7, 11) is 0. The van der Waals surface area contributed by atoms with E-state index in [-0.39, 0.29) is 11.8 Å². The smallest absolute Gasteiger partial charge is 0.414 e. The van der Waals surface area contributed by atoms with Crippen LogP contribution in [0.15, 0.2) is 53.5 Å². The standard InChI is InChI=1S/C17H17N3O3.C2H2O4/c1-12(17-18-9-10-19-17)23-16-8-3-2-7-15(16)13-5-4-6-14(11-13)20(21)22;3-1(4)2(5)6/h2-8,11-12H,9-10H2,1H3,(H,18,19);(H,3,4)(H,5,6)/t12-;/m1./s1. The average molecular weight is 401 g/mol. The lowest BCUT2D eigenvalue weighted by molar-refractivity contribution is -0.384. The number of non-ortho nitro benzene ring substituents is 1. The van der Waals surface area contributed by atoms with Gasteiger partial charge in [-0.1, -0.05) is 30.3 Å². The molecule has 0 fully saturated rings. The molecule has 29 heavy (non-hydrogen) atoms. The van der Waals surface area contributed by atoms with Crippen LogP contribution in [-0.4, -0.2) is 52.1 Å². The number of carbonyl (C=O) groups is 2. The Morgan fingerprint density at radius 1 is 1.17 bits per heavy atom. The highest BCUT2D eigenvalue weighted by Crippen LogP contribution is 2.32. The number of rotatable bonds is 5. The molecule has 0 saturated heterocycles. The van der Waals surface area contributed by atoms with Gasteiger partial charge in [-0.05, 0) is 18.6 Å². The van der Waals surface area contributed by atoms with Gasteiger partial charge in [0, 0.05) is 24.2 Å². The summed E-state index contributed by atoms with van der Waals surface area (Å²) >= 11 is 0. The van der Waals surface area contributed by atoms with Crippen LogP contribution in [0.1, 0.15) is 6.92 Å². The number of carboxylic acids is 2. The number of aliphatic imine (C=N–C) groups is 1. The third-order valence-electron chi connectivity index (χ3n) is 3.83. The average Bonchev–Trinajstić information content (AvgIpc) is 3.24. The maximum atomic E-state index is 11.0. The molecule has 10 nitrogen and oxygen atoms in total. The van der Waals surface area contributed by atoms with Crippen molar-refractivity contribution in [3.05, 3.63) is 58.6 Å². The molecule has 1 atom stereocenters. The second-order valence-electron chi connectivity index (χ2n) is 5.87. The van der Waals surface area contributed by atoms with Gasteiger partial charge in [0.15, 0.2) is 6.10 Å². The number of amidine groups is 1. The molecule has 3 N–H and O–H groups in total. The minimum atomic E-state index is -1.82. The Labute approximate surface area is 165 Å². The molecule has 2 aromatic carbocycles. The number of hydrogen-bond donors (Lipinski definition) is 3. The van der Waals surface area contributed by atoms with Crippen LogP contribution >= 0.6 is 0 Å². The Balaban J connectivity index is 0.000000438. The van der Waals surface area contributed by atoms with Crippen LogP contribution in [-0.2, 0) is 9.59 Å². The molecule has 152 valence electrons. The lowest BCUT2D eigenvalue weighted by Crippen LogP contribution is -2.33. The van der Waals surface area contributed by atoms with E-state index in [0.717, 1.165) is 30.1 Å². The van der Waals surface area contributed by atoms with Gasteiger partial charge in [-0.3, -0.25) is 15.1 Å². The highest BCUT2D eigenvalue weighted by atomic mass is 16.6. The van der Waals surface area contributed by atoms with Crippen LogP contribution < -0.4 is 10.1 Å². The summed E-state index contributed by atoms with van der Waals surface area (Å²) in [5.74, 6) is -2.14. The lowest BCUT2D eigenvalue weighted by Gasteiger charge is -2.18. The zero-order chi connectivity index (χ0) is 21.4. The van der Waals surface area contributed by atoms with Crippen LogP contribution in [0.4, 0.5) is 5.69 Å². The van der Waals surface area contributed by atoms with Gasteiger partial charge in [0.1, 0.15) is 11.6 Å². The molecule has 0 unspecified atom stereocenters. The summed E-state index contributed by atoms with van der Waals surface area (Å²) < 4.78 is 6.02. The fourth-order valence-electron chi connectivity index (χ4n) is 2.53. The van der Waals surface area contributed by atoms with E-state index in [1.165, 1.54) is 6.07 Å². The number of hydrogen-bond acceptors (Lipinski definition) is 7. The Kier molecular flexibility index (Phi) is 7.24. The van der Waals surface area contributed by atoms with Crippen LogP contribution in [0, 0.1) is 10.1 Å². The van der Waals surface area contributed by atoms with Crippen molar-refractivity contribution in [2.24, 2.45) is 4.99 Å².